The Hall–Kier alpha value is -2.80. The van der Waals surface area contributed by atoms with E-state index < -0.39 is 0 Å². The van der Waals surface area contributed by atoms with Gasteiger partial charge in [-0.05, 0) is 50.1 Å². The predicted octanol–water partition coefficient (Wildman–Crippen LogP) is 4.56. The summed E-state index contributed by atoms with van der Waals surface area (Å²) in [6, 6.07) is 14.2. The highest BCUT2D eigenvalue weighted by molar-refractivity contribution is 7.98. The van der Waals surface area contributed by atoms with E-state index in [2.05, 4.69) is 46.5 Å². The topological polar surface area (TPSA) is 61.5 Å². The first-order valence-corrected chi connectivity index (χ1v) is 10.0. The largest absolute Gasteiger partial charge is 0.493 e. The molecule has 0 aliphatic heterocycles. The number of ether oxygens (including phenoxy) is 2. The van der Waals surface area contributed by atoms with Gasteiger partial charge in [0.15, 0.2) is 11.5 Å². The maximum absolute atomic E-state index is 5.74. The molecule has 1 aromatic heterocycles. The van der Waals surface area contributed by atoms with E-state index in [4.69, 9.17) is 9.47 Å². The summed E-state index contributed by atoms with van der Waals surface area (Å²) < 4.78 is 12.8. The summed E-state index contributed by atoms with van der Waals surface area (Å²) in [7, 11) is 1.63. The molecular formula is C21H24N4O2S. The standard InChI is InChI=1S/C21H24N4O2S/c1-15(2)27-19-10-9-18(11-20(19)26-4)12-23-25-14-22-24-21(25)28-13-17-7-5-16(3)6-8-17/h5-12,14-15H,13H2,1-4H3/b23-12+. The molecule has 0 radical (unpaired) electrons. The van der Waals surface area contributed by atoms with E-state index in [0.29, 0.717) is 11.5 Å². The van der Waals surface area contributed by atoms with Crippen LogP contribution in [-0.4, -0.2) is 34.3 Å². The zero-order chi connectivity index (χ0) is 19.9. The second-order valence-electron chi connectivity index (χ2n) is 6.55. The third kappa shape index (κ3) is 5.36. The number of methoxy groups -OCH3 is 1. The van der Waals surface area contributed by atoms with Crippen molar-refractivity contribution in [3.63, 3.8) is 0 Å². The van der Waals surface area contributed by atoms with E-state index in [0.717, 1.165) is 16.5 Å². The molecule has 0 saturated carbocycles. The van der Waals surface area contributed by atoms with Crippen LogP contribution in [0.5, 0.6) is 11.5 Å². The van der Waals surface area contributed by atoms with Gasteiger partial charge in [0.2, 0.25) is 5.16 Å². The number of rotatable bonds is 8. The van der Waals surface area contributed by atoms with Gasteiger partial charge >= 0.3 is 0 Å². The molecule has 0 amide bonds. The van der Waals surface area contributed by atoms with Crippen molar-refractivity contribution in [2.45, 2.75) is 37.8 Å². The van der Waals surface area contributed by atoms with E-state index in [1.54, 1.807) is 36.1 Å². The molecule has 1 heterocycles. The van der Waals surface area contributed by atoms with Crippen LogP contribution in [0.3, 0.4) is 0 Å². The van der Waals surface area contributed by atoms with E-state index in [9.17, 15) is 0 Å². The van der Waals surface area contributed by atoms with Crippen LogP contribution in [0.25, 0.3) is 0 Å². The zero-order valence-corrected chi connectivity index (χ0v) is 17.3. The fourth-order valence-corrected chi connectivity index (χ4v) is 3.29. The van der Waals surface area contributed by atoms with E-state index in [1.807, 2.05) is 32.0 Å². The molecule has 3 rings (SSSR count). The van der Waals surface area contributed by atoms with Crippen molar-refractivity contribution in [3.05, 3.63) is 65.5 Å². The summed E-state index contributed by atoms with van der Waals surface area (Å²) in [6.07, 6.45) is 3.43. The van der Waals surface area contributed by atoms with Crippen molar-refractivity contribution >= 4 is 18.0 Å². The van der Waals surface area contributed by atoms with Gasteiger partial charge in [0.1, 0.15) is 6.33 Å². The van der Waals surface area contributed by atoms with Gasteiger partial charge in [-0.15, -0.1) is 10.2 Å². The number of thioether (sulfide) groups is 1. The second kappa shape index (κ2) is 9.41. The minimum atomic E-state index is 0.0820. The van der Waals surface area contributed by atoms with E-state index in [1.165, 1.54) is 11.1 Å². The van der Waals surface area contributed by atoms with Crippen LogP contribution in [-0.2, 0) is 5.75 Å². The number of hydrogen-bond acceptors (Lipinski definition) is 6. The second-order valence-corrected chi connectivity index (χ2v) is 7.50. The molecule has 3 aromatic rings. The summed E-state index contributed by atoms with van der Waals surface area (Å²) >= 11 is 1.60. The van der Waals surface area contributed by atoms with Crippen LogP contribution < -0.4 is 9.47 Å². The molecule has 0 N–H and O–H groups in total. The maximum Gasteiger partial charge on any atom is 0.212 e. The number of hydrogen-bond donors (Lipinski definition) is 0. The lowest BCUT2D eigenvalue weighted by atomic mass is 10.2. The summed E-state index contributed by atoms with van der Waals surface area (Å²) in [4.78, 5) is 0. The fourth-order valence-electron chi connectivity index (χ4n) is 2.47. The monoisotopic (exact) mass is 396 g/mol. The molecule has 0 spiro atoms. The average molecular weight is 397 g/mol. The molecule has 2 aromatic carbocycles. The van der Waals surface area contributed by atoms with Gasteiger partial charge in [0, 0.05) is 5.75 Å². The van der Waals surface area contributed by atoms with Crippen molar-refractivity contribution in [1.29, 1.82) is 0 Å². The quantitative estimate of drug-likeness (QED) is 0.413. The first-order valence-electron chi connectivity index (χ1n) is 9.02. The summed E-state index contributed by atoms with van der Waals surface area (Å²) in [5, 5.41) is 13.4. The highest BCUT2D eigenvalue weighted by Crippen LogP contribution is 2.28. The highest BCUT2D eigenvalue weighted by atomic mass is 32.2. The van der Waals surface area contributed by atoms with Gasteiger partial charge in [-0.3, -0.25) is 0 Å². The minimum Gasteiger partial charge on any atom is -0.493 e. The van der Waals surface area contributed by atoms with Gasteiger partial charge in [-0.2, -0.15) is 9.78 Å². The molecule has 0 fully saturated rings. The third-order valence-electron chi connectivity index (χ3n) is 3.87. The van der Waals surface area contributed by atoms with Crippen LogP contribution in [0.1, 0.15) is 30.5 Å². The Labute approximate surface area is 169 Å². The Morgan fingerprint density at radius 1 is 1.14 bits per heavy atom. The van der Waals surface area contributed by atoms with Crippen LogP contribution in [0, 0.1) is 6.92 Å². The maximum atomic E-state index is 5.74. The molecule has 0 aliphatic carbocycles. The van der Waals surface area contributed by atoms with Crippen LogP contribution in [0.4, 0.5) is 0 Å². The van der Waals surface area contributed by atoms with Crippen molar-refractivity contribution in [3.8, 4) is 11.5 Å². The zero-order valence-electron chi connectivity index (χ0n) is 16.5. The van der Waals surface area contributed by atoms with Crippen LogP contribution in [0.15, 0.2) is 59.0 Å². The Balaban J connectivity index is 1.69. The first-order chi connectivity index (χ1) is 13.5. The molecule has 6 nitrogen and oxygen atoms in total. The first kappa shape index (κ1) is 19.9. The van der Waals surface area contributed by atoms with Gasteiger partial charge in [0.25, 0.3) is 0 Å². The van der Waals surface area contributed by atoms with Gasteiger partial charge < -0.3 is 9.47 Å². The van der Waals surface area contributed by atoms with Crippen molar-refractivity contribution in [2.24, 2.45) is 5.10 Å². The lowest BCUT2D eigenvalue weighted by Crippen LogP contribution is -2.06. The molecule has 28 heavy (non-hydrogen) atoms. The predicted molar refractivity (Wildman–Crippen MR) is 113 cm³/mol. The number of aromatic nitrogens is 3. The Kier molecular flexibility index (Phi) is 6.71. The molecule has 0 bridgehead atoms. The average Bonchev–Trinajstić information content (AvgIpc) is 3.13. The Morgan fingerprint density at radius 2 is 1.93 bits per heavy atom. The molecule has 0 atom stereocenters. The normalized spacial score (nSPS) is 11.3. The third-order valence-corrected chi connectivity index (χ3v) is 4.87. The van der Waals surface area contributed by atoms with Gasteiger partial charge in [0.05, 0.1) is 19.4 Å². The van der Waals surface area contributed by atoms with Gasteiger partial charge in [-0.25, -0.2) is 0 Å². The summed E-state index contributed by atoms with van der Waals surface area (Å²) in [5.41, 5.74) is 3.39. The summed E-state index contributed by atoms with van der Waals surface area (Å²) in [5.74, 6) is 2.20. The number of nitrogens with zero attached hydrogens (tertiary/aromatic N) is 4. The molecule has 146 valence electrons. The molecule has 0 aliphatic rings. The highest BCUT2D eigenvalue weighted by Gasteiger charge is 2.08. The molecular weight excluding hydrogens is 372 g/mol. The number of aryl methyl sites for hydroxylation is 1. The van der Waals surface area contributed by atoms with Gasteiger partial charge in [-0.1, -0.05) is 41.6 Å². The van der Waals surface area contributed by atoms with E-state index in [-0.39, 0.29) is 6.10 Å². The SMILES string of the molecule is COc1cc(/C=N/n2cnnc2SCc2ccc(C)cc2)ccc1OC(C)C. The van der Waals surface area contributed by atoms with Crippen LogP contribution in [0.2, 0.25) is 0 Å². The number of benzene rings is 2. The fraction of sp³-hybridized carbons (Fsp3) is 0.286. The Bertz CT molecular complexity index is 936. The van der Waals surface area contributed by atoms with Crippen molar-refractivity contribution in [2.75, 3.05) is 7.11 Å². The Morgan fingerprint density at radius 3 is 2.64 bits per heavy atom. The smallest absolute Gasteiger partial charge is 0.212 e. The lowest BCUT2D eigenvalue weighted by molar-refractivity contribution is 0.230. The lowest BCUT2D eigenvalue weighted by Gasteiger charge is -2.13. The molecule has 0 saturated heterocycles. The van der Waals surface area contributed by atoms with Crippen molar-refractivity contribution < 1.29 is 9.47 Å². The summed E-state index contributed by atoms with van der Waals surface area (Å²) in [6.45, 7) is 6.05. The molecule has 7 heteroatoms. The molecule has 0 unspecified atom stereocenters. The van der Waals surface area contributed by atoms with Crippen molar-refractivity contribution in [1.82, 2.24) is 14.9 Å². The van der Waals surface area contributed by atoms with E-state index >= 15 is 0 Å². The van der Waals surface area contributed by atoms with Crippen LogP contribution >= 0.6 is 11.8 Å². The minimum absolute atomic E-state index is 0.0820.